The molecular weight excluding hydrogens is 228 g/mol. The van der Waals surface area contributed by atoms with Crippen molar-refractivity contribution < 1.29 is 9.53 Å². The average molecular weight is 248 g/mol. The van der Waals surface area contributed by atoms with Crippen molar-refractivity contribution in [2.24, 2.45) is 5.92 Å². The predicted molar refractivity (Wildman–Crippen MR) is 73.1 cm³/mol. The van der Waals surface area contributed by atoms with Crippen LogP contribution in [0, 0.1) is 5.92 Å². The summed E-state index contributed by atoms with van der Waals surface area (Å²) in [6.07, 6.45) is 0.880. The standard InChI is InChI=1S/C14H20N2O2/c1-11(2)6-7-15-12-4-3-5-13(10-12)16-8-9-18-14(16)17/h3-5,10-11,15H,6-9H2,1-2H3. The Morgan fingerprint density at radius 2 is 2.28 bits per heavy atom. The van der Waals surface area contributed by atoms with Crippen LogP contribution in [-0.4, -0.2) is 25.8 Å². The third kappa shape index (κ3) is 3.15. The molecule has 1 heterocycles. The van der Waals surface area contributed by atoms with Gasteiger partial charge in [-0.2, -0.15) is 0 Å². The lowest BCUT2D eigenvalue weighted by molar-refractivity contribution is 0.181. The van der Waals surface area contributed by atoms with E-state index >= 15 is 0 Å². The second kappa shape index (κ2) is 5.76. The van der Waals surface area contributed by atoms with Crippen LogP contribution in [0.2, 0.25) is 0 Å². The van der Waals surface area contributed by atoms with Gasteiger partial charge in [-0.15, -0.1) is 0 Å². The largest absolute Gasteiger partial charge is 0.447 e. The van der Waals surface area contributed by atoms with Crippen molar-refractivity contribution in [2.75, 3.05) is 29.9 Å². The van der Waals surface area contributed by atoms with E-state index < -0.39 is 0 Å². The van der Waals surface area contributed by atoms with Gasteiger partial charge in [0.2, 0.25) is 0 Å². The Labute approximate surface area is 108 Å². The molecule has 1 saturated heterocycles. The van der Waals surface area contributed by atoms with Crippen LogP contribution in [0.4, 0.5) is 16.2 Å². The number of benzene rings is 1. The predicted octanol–water partition coefficient (Wildman–Crippen LogP) is 3.10. The van der Waals surface area contributed by atoms with Crippen molar-refractivity contribution in [3.8, 4) is 0 Å². The Morgan fingerprint density at radius 1 is 1.44 bits per heavy atom. The number of hydrogen-bond donors (Lipinski definition) is 1. The molecule has 98 valence electrons. The summed E-state index contributed by atoms with van der Waals surface area (Å²) in [5.74, 6) is 0.689. The maximum Gasteiger partial charge on any atom is 0.414 e. The number of nitrogens with one attached hydrogen (secondary N) is 1. The molecule has 18 heavy (non-hydrogen) atoms. The van der Waals surface area contributed by atoms with Gasteiger partial charge in [0.15, 0.2) is 0 Å². The van der Waals surface area contributed by atoms with Crippen LogP contribution in [0.3, 0.4) is 0 Å². The molecule has 1 aromatic carbocycles. The van der Waals surface area contributed by atoms with Gasteiger partial charge in [-0.3, -0.25) is 4.90 Å². The monoisotopic (exact) mass is 248 g/mol. The molecule has 0 aliphatic carbocycles. The number of cyclic esters (lactones) is 1. The summed E-state index contributed by atoms with van der Waals surface area (Å²) in [6, 6.07) is 7.90. The van der Waals surface area contributed by atoms with Crippen LogP contribution in [0.25, 0.3) is 0 Å². The highest BCUT2D eigenvalue weighted by Crippen LogP contribution is 2.22. The van der Waals surface area contributed by atoms with E-state index in [1.165, 1.54) is 0 Å². The first kappa shape index (κ1) is 12.7. The molecule has 0 spiro atoms. The summed E-state index contributed by atoms with van der Waals surface area (Å²) < 4.78 is 4.94. The number of ether oxygens (including phenoxy) is 1. The zero-order valence-corrected chi connectivity index (χ0v) is 11.0. The highest BCUT2D eigenvalue weighted by Gasteiger charge is 2.23. The number of amides is 1. The SMILES string of the molecule is CC(C)CCNc1cccc(N2CCOC2=O)c1. The van der Waals surface area contributed by atoms with Crippen LogP contribution in [0.1, 0.15) is 20.3 Å². The average Bonchev–Trinajstić information content (AvgIpc) is 2.75. The molecule has 0 saturated carbocycles. The van der Waals surface area contributed by atoms with Gasteiger partial charge in [-0.05, 0) is 30.5 Å². The fraction of sp³-hybridized carbons (Fsp3) is 0.500. The summed E-state index contributed by atoms with van der Waals surface area (Å²) in [7, 11) is 0. The third-order valence-corrected chi connectivity index (χ3v) is 2.97. The maximum absolute atomic E-state index is 11.5. The molecule has 1 fully saturated rings. The van der Waals surface area contributed by atoms with Gasteiger partial charge in [0.25, 0.3) is 0 Å². The Bertz CT molecular complexity index is 418. The molecular formula is C14H20N2O2. The number of nitrogens with zero attached hydrogens (tertiary/aromatic N) is 1. The minimum absolute atomic E-state index is 0.255. The van der Waals surface area contributed by atoms with E-state index in [0.29, 0.717) is 19.1 Å². The first-order chi connectivity index (χ1) is 8.66. The Morgan fingerprint density at radius 3 is 2.94 bits per heavy atom. The fourth-order valence-corrected chi connectivity index (χ4v) is 1.92. The smallest absolute Gasteiger partial charge is 0.414 e. The van der Waals surface area contributed by atoms with Crippen LogP contribution < -0.4 is 10.2 Å². The normalized spacial score (nSPS) is 15.1. The Balaban J connectivity index is 1.98. The topological polar surface area (TPSA) is 41.6 Å². The summed E-state index contributed by atoms with van der Waals surface area (Å²) in [5, 5.41) is 3.38. The second-order valence-corrected chi connectivity index (χ2v) is 4.93. The molecule has 2 rings (SSSR count). The summed E-state index contributed by atoms with van der Waals surface area (Å²) in [6.45, 7) is 6.47. The maximum atomic E-state index is 11.5. The molecule has 4 heteroatoms. The molecule has 0 bridgehead atoms. The van der Waals surface area contributed by atoms with Crippen molar-refractivity contribution in [2.45, 2.75) is 20.3 Å². The molecule has 1 aromatic rings. The molecule has 4 nitrogen and oxygen atoms in total. The van der Waals surface area contributed by atoms with E-state index in [0.717, 1.165) is 24.3 Å². The van der Waals surface area contributed by atoms with Gasteiger partial charge < -0.3 is 10.1 Å². The zero-order chi connectivity index (χ0) is 13.0. The van der Waals surface area contributed by atoms with Crippen molar-refractivity contribution >= 4 is 17.5 Å². The minimum atomic E-state index is -0.255. The lowest BCUT2D eigenvalue weighted by Crippen LogP contribution is -2.23. The van der Waals surface area contributed by atoms with Gasteiger partial charge in [0.05, 0.1) is 6.54 Å². The third-order valence-electron chi connectivity index (χ3n) is 2.97. The van der Waals surface area contributed by atoms with E-state index in [-0.39, 0.29) is 6.09 Å². The van der Waals surface area contributed by atoms with E-state index in [4.69, 9.17) is 4.74 Å². The first-order valence-corrected chi connectivity index (χ1v) is 6.45. The quantitative estimate of drug-likeness (QED) is 0.870. The van der Waals surface area contributed by atoms with Crippen LogP contribution in [0.15, 0.2) is 24.3 Å². The summed E-state index contributed by atoms with van der Waals surface area (Å²) in [5.41, 5.74) is 1.94. The Kier molecular flexibility index (Phi) is 4.07. The second-order valence-electron chi connectivity index (χ2n) is 4.93. The molecule has 1 aliphatic rings. The van der Waals surface area contributed by atoms with Crippen LogP contribution >= 0.6 is 0 Å². The molecule has 0 unspecified atom stereocenters. The van der Waals surface area contributed by atoms with Gasteiger partial charge in [-0.25, -0.2) is 4.79 Å². The number of carbonyl (C=O) groups is 1. The summed E-state index contributed by atoms with van der Waals surface area (Å²) >= 11 is 0. The summed E-state index contributed by atoms with van der Waals surface area (Å²) in [4.78, 5) is 13.1. The van der Waals surface area contributed by atoms with Crippen LogP contribution in [-0.2, 0) is 4.74 Å². The molecule has 1 aliphatic heterocycles. The molecule has 1 amide bonds. The Hall–Kier alpha value is -1.71. The van der Waals surface area contributed by atoms with Gasteiger partial charge in [0.1, 0.15) is 6.61 Å². The highest BCUT2D eigenvalue weighted by molar-refractivity contribution is 5.89. The van der Waals surface area contributed by atoms with Crippen LogP contribution in [0.5, 0.6) is 0 Å². The van der Waals surface area contributed by atoms with Gasteiger partial charge >= 0.3 is 6.09 Å². The van der Waals surface area contributed by atoms with E-state index in [1.54, 1.807) is 4.90 Å². The number of carbonyl (C=O) groups excluding carboxylic acids is 1. The minimum Gasteiger partial charge on any atom is -0.447 e. The van der Waals surface area contributed by atoms with E-state index in [2.05, 4.69) is 19.2 Å². The van der Waals surface area contributed by atoms with Gasteiger partial charge in [0, 0.05) is 17.9 Å². The molecule has 0 atom stereocenters. The number of rotatable bonds is 5. The van der Waals surface area contributed by atoms with E-state index in [1.807, 2.05) is 24.3 Å². The molecule has 1 N–H and O–H groups in total. The van der Waals surface area contributed by atoms with Crippen molar-refractivity contribution in [1.29, 1.82) is 0 Å². The van der Waals surface area contributed by atoms with Crippen molar-refractivity contribution in [3.05, 3.63) is 24.3 Å². The lowest BCUT2D eigenvalue weighted by atomic mass is 10.1. The van der Waals surface area contributed by atoms with E-state index in [9.17, 15) is 4.79 Å². The highest BCUT2D eigenvalue weighted by atomic mass is 16.6. The fourth-order valence-electron chi connectivity index (χ4n) is 1.92. The zero-order valence-electron chi connectivity index (χ0n) is 11.0. The lowest BCUT2D eigenvalue weighted by Gasteiger charge is -2.15. The van der Waals surface area contributed by atoms with Gasteiger partial charge in [-0.1, -0.05) is 19.9 Å². The number of hydrogen-bond acceptors (Lipinski definition) is 3. The first-order valence-electron chi connectivity index (χ1n) is 6.45. The van der Waals surface area contributed by atoms with Crippen molar-refractivity contribution in [1.82, 2.24) is 0 Å². The number of anilines is 2. The molecule has 0 radical (unpaired) electrons. The molecule has 0 aromatic heterocycles. The van der Waals surface area contributed by atoms with Crippen molar-refractivity contribution in [3.63, 3.8) is 0 Å².